The molecular weight excluding hydrogens is 308 g/mol. The first-order chi connectivity index (χ1) is 11.7. The molecule has 0 radical (unpaired) electrons. The van der Waals surface area contributed by atoms with Crippen LogP contribution < -0.4 is 19.5 Å². The zero-order valence-electron chi connectivity index (χ0n) is 13.5. The summed E-state index contributed by atoms with van der Waals surface area (Å²) in [5, 5.41) is 11.7. The molecule has 0 fully saturated rings. The number of rotatable bonds is 7. The molecule has 0 unspecified atom stereocenters. The van der Waals surface area contributed by atoms with E-state index in [-0.39, 0.29) is 12.5 Å². The Bertz CT molecular complexity index is 753. The zero-order valence-corrected chi connectivity index (χ0v) is 13.5. The molecular formula is C18H18N2O4. The average molecular weight is 326 g/mol. The minimum Gasteiger partial charge on any atom is -0.497 e. The summed E-state index contributed by atoms with van der Waals surface area (Å²) in [5.74, 6) is 1.40. The van der Waals surface area contributed by atoms with Crippen molar-refractivity contribution in [3.8, 4) is 23.3 Å². The molecule has 6 heteroatoms. The van der Waals surface area contributed by atoms with Crippen LogP contribution >= 0.6 is 0 Å². The lowest BCUT2D eigenvalue weighted by molar-refractivity contribution is -0.123. The van der Waals surface area contributed by atoms with Crippen LogP contribution in [0.3, 0.4) is 0 Å². The Kier molecular flexibility index (Phi) is 6.03. The van der Waals surface area contributed by atoms with E-state index in [0.29, 0.717) is 29.4 Å². The predicted molar refractivity (Wildman–Crippen MR) is 88.0 cm³/mol. The van der Waals surface area contributed by atoms with Crippen LogP contribution in [0.5, 0.6) is 17.2 Å². The van der Waals surface area contributed by atoms with Gasteiger partial charge in [-0.05, 0) is 24.3 Å². The number of methoxy groups -OCH3 is 2. The fourth-order valence-electron chi connectivity index (χ4n) is 2.07. The van der Waals surface area contributed by atoms with Crippen LogP contribution in [0, 0.1) is 11.3 Å². The highest BCUT2D eigenvalue weighted by Crippen LogP contribution is 2.24. The summed E-state index contributed by atoms with van der Waals surface area (Å²) in [4.78, 5) is 11.9. The normalized spacial score (nSPS) is 9.71. The topological polar surface area (TPSA) is 80.6 Å². The molecule has 6 nitrogen and oxygen atoms in total. The van der Waals surface area contributed by atoms with Gasteiger partial charge in [0.25, 0.3) is 5.91 Å². The predicted octanol–water partition coefficient (Wildman–Crippen LogP) is 2.27. The van der Waals surface area contributed by atoms with Crippen LogP contribution in [0.4, 0.5) is 0 Å². The third kappa shape index (κ3) is 4.40. The van der Waals surface area contributed by atoms with Crippen molar-refractivity contribution < 1.29 is 19.0 Å². The number of benzene rings is 2. The second-order valence-corrected chi connectivity index (χ2v) is 4.85. The molecule has 24 heavy (non-hydrogen) atoms. The maximum Gasteiger partial charge on any atom is 0.258 e. The van der Waals surface area contributed by atoms with Crippen LogP contribution in [0.15, 0.2) is 42.5 Å². The molecule has 0 bridgehead atoms. The van der Waals surface area contributed by atoms with E-state index >= 15 is 0 Å². The van der Waals surface area contributed by atoms with Crippen LogP contribution in [-0.4, -0.2) is 26.7 Å². The van der Waals surface area contributed by atoms with Gasteiger partial charge in [-0.3, -0.25) is 4.79 Å². The summed E-state index contributed by atoms with van der Waals surface area (Å²) in [6, 6.07) is 14.2. The number of amides is 1. The number of carbonyl (C=O) groups is 1. The number of nitriles is 1. The molecule has 0 aliphatic rings. The van der Waals surface area contributed by atoms with E-state index in [4.69, 9.17) is 19.5 Å². The maximum absolute atomic E-state index is 11.9. The second-order valence-electron chi connectivity index (χ2n) is 4.85. The highest BCUT2D eigenvalue weighted by atomic mass is 16.5. The van der Waals surface area contributed by atoms with Gasteiger partial charge in [0, 0.05) is 18.2 Å². The van der Waals surface area contributed by atoms with Gasteiger partial charge in [0.15, 0.2) is 6.61 Å². The van der Waals surface area contributed by atoms with E-state index in [1.165, 1.54) is 0 Å². The highest BCUT2D eigenvalue weighted by Gasteiger charge is 2.09. The first kappa shape index (κ1) is 17.2. The molecule has 0 heterocycles. The quantitative estimate of drug-likeness (QED) is 0.844. The smallest absolute Gasteiger partial charge is 0.258 e. The lowest BCUT2D eigenvalue weighted by Gasteiger charge is -2.12. The molecule has 0 spiro atoms. The fourth-order valence-corrected chi connectivity index (χ4v) is 2.07. The molecule has 0 atom stereocenters. The van der Waals surface area contributed by atoms with E-state index in [2.05, 4.69) is 5.32 Å². The van der Waals surface area contributed by atoms with Gasteiger partial charge in [0.1, 0.15) is 23.3 Å². The number of ether oxygens (including phenoxy) is 3. The number of nitrogens with zero attached hydrogens (tertiary/aromatic N) is 1. The van der Waals surface area contributed by atoms with Crippen molar-refractivity contribution in [2.45, 2.75) is 6.54 Å². The third-order valence-corrected chi connectivity index (χ3v) is 3.34. The molecule has 1 amide bonds. The monoisotopic (exact) mass is 326 g/mol. The van der Waals surface area contributed by atoms with Crippen molar-refractivity contribution in [2.75, 3.05) is 20.8 Å². The molecule has 2 aromatic rings. The zero-order chi connectivity index (χ0) is 17.4. The van der Waals surface area contributed by atoms with E-state index < -0.39 is 0 Å². The SMILES string of the molecule is COc1ccc(CNC(=O)COc2ccccc2C#N)c(OC)c1. The summed E-state index contributed by atoms with van der Waals surface area (Å²) < 4.78 is 15.8. The van der Waals surface area contributed by atoms with Crippen molar-refractivity contribution >= 4 is 5.91 Å². The molecule has 2 aromatic carbocycles. The van der Waals surface area contributed by atoms with E-state index in [0.717, 1.165) is 5.56 Å². The van der Waals surface area contributed by atoms with Crippen molar-refractivity contribution in [2.24, 2.45) is 0 Å². The first-order valence-corrected chi connectivity index (χ1v) is 7.27. The maximum atomic E-state index is 11.9. The van der Waals surface area contributed by atoms with Gasteiger partial charge in [0.05, 0.1) is 19.8 Å². The van der Waals surface area contributed by atoms with E-state index in [1.54, 1.807) is 50.6 Å². The molecule has 0 aromatic heterocycles. The molecule has 124 valence electrons. The van der Waals surface area contributed by atoms with Gasteiger partial charge in [0.2, 0.25) is 0 Å². The van der Waals surface area contributed by atoms with E-state index in [9.17, 15) is 4.79 Å². The molecule has 1 N–H and O–H groups in total. The minimum absolute atomic E-state index is 0.169. The standard InChI is InChI=1S/C18H18N2O4/c1-22-15-8-7-14(17(9-15)23-2)11-20-18(21)12-24-16-6-4-3-5-13(16)10-19/h3-9H,11-12H2,1-2H3,(H,20,21). The van der Waals surface area contributed by atoms with Crippen molar-refractivity contribution in [1.82, 2.24) is 5.32 Å². The largest absolute Gasteiger partial charge is 0.497 e. The molecule has 2 rings (SSSR count). The van der Waals surface area contributed by atoms with Gasteiger partial charge in [-0.2, -0.15) is 5.26 Å². The summed E-state index contributed by atoms with van der Waals surface area (Å²) in [5.41, 5.74) is 1.21. The molecule has 0 saturated heterocycles. The Morgan fingerprint density at radius 1 is 1.12 bits per heavy atom. The molecule has 0 aliphatic carbocycles. The first-order valence-electron chi connectivity index (χ1n) is 7.27. The number of nitrogens with one attached hydrogen (secondary N) is 1. The molecule has 0 aliphatic heterocycles. The molecule has 0 saturated carbocycles. The van der Waals surface area contributed by atoms with Gasteiger partial charge in [-0.1, -0.05) is 12.1 Å². The number of para-hydroxylation sites is 1. The minimum atomic E-state index is -0.291. The van der Waals surface area contributed by atoms with Gasteiger partial charge in [-0.25, -0.2) is 0 Å². The van der Waals surface area contributed by atoms with Crippen LogP contribution in [0.2, 0.25) is 0 Å². The summed E-state index contributed by atoms with van der Waals surface area (Å²) in [6.45, 7) is 0.131. The second kappa shape index (κ2) is 8.44. The van der Waals surface area contributed by atoms with Crippen LogP contribution in [-0.2, 0) is 11.3 Å². The van der Waals surface area contributed by atoms with Crippen LogP contribution in [0.1, 0.15) is 11.1 Å². The number of hydrogen-bond donors (Lipinski definition) is 1. The van der Waals surface area contributed by atoms with Gasteiger partial charge < -0.3 is 19.5 Å². The van der Waals surface area contributed by atoms with Crippen molar-refractivity contribution in [3.05, 3.63) is 53.6 Å². The highest BCUT2D eigenvalue weighted by molar-refractivity contribution is 5.77. The third-order valence-electron chi connectivity index (χ3n) is 3.34. The fraction of sp³-hybridized carbons (Fsp3) is 0.222. The Balaban J connectivity index is 1.91. The summed E-state index contributed by atoms with van der Waals surface area (Å²) in [6.07, 6.45) is 0. The number of carbonyl (C=O) groups excluding carboxylic acids is 1. The Labute approximate surface area is 140 Å². The van der Waals surface area contributed by atoms with Crippen molar-refractivity contribution in [3.63, 3.8) is 0 Å². The Morgan fingerprint density at radius 2 is 1.92 bits per heavy atom. The average Bonchev–Trinajstić information content (AvgIpc) is 2.64. The summed E-state index contributed by atoms with van der Waals surface area (Å²) in [7, 11) is 3.13. The van der Waals surface area contributed by atoms with Crippen molar-refractivity contribution in [1.29, 1.82) is 5.26 Å². The lowest BCUT2D eigenvalue weighted by atomic mass is 10.2. The Hall–Kier alpha value is -3.20. The summed E-state index contributed by atoms with van der Waals surface area (Å²) >= 11 is 0. The number of hydrogen-bond acceptors (Lipinski definition) is 5. The Morgan fingerprint density at radius 3 is 2.62 bits per heavy atom. The van der Waals surface area contributed by atoms with Crippen LogP contribution in [0.25, 0.3) is 0 Å². The van der Waals surface area contributed by atoms with Gasteiger partial charge >= 0.3 is 0 Å². The van der Waals surface area contributed by atoms with Gasteiger partial charge in [-0.15, -0.1) is 0 Å². The van der Waals surface area contributed by atoms with E-state index in [1.807, 2.05) is 12.1 Å². The lowest BCUT2D eigenvalue weighted by Crippen LogP contribution is -2.28.